The van der Waals surface area contributed by atoms with E-state index in [1.54, 1.807) is 23.7 Å². The van der Waals surface area contributed by atoms with Gasteiger partial charge in [-0.25, -0.2) is 14.4 Å². The van der Waals surface area contributed by atoms with Crippen LogP contribution in [0.25, 0.3) is 20.7 Å². The van der Waals surface area contributed by atoms with Crippen LogP contribution in [-0.2, 0) is 30.8 Å². The molecule has 0 bridgehead atoms. The minimum Gasteiger partial charge on any atom is -0.487 e. The number of amides is 1. The second-order valence-corrected chi connectivity index (χ2v) is 15.0. The van der Waals surface area contributed by atoms with Gasteiger partial charge in [-0.15, -0.1) is 11.3 Å². The Labute approximate surface area is 299 Å². The molecule has 0 spiro atoms. The minimum absolute atomic E-state index is 0.216. The highest BCUT2D eigenvalue weighted by Gasteiger charge is 2.29. The number of halogens is 2. The van der Waals surface area contributed by atoms with Crippen molar-refractivity contribution in [1.29, 1.82) is 0 Å². The normalized spacial score (nSPS) is 17.1. The second kappa shape index (κ2) is 14.3. The molecule has 8 rings (SSSR count). The van der Waals surface area contributed by atoms with Gasteiger partial charge in [0.2, 0.25) is 5.91 Å². The van der Waals surface area contributed by atoms with Crippen molar-refractivity contribution in [3.8, 4) is 16.2 Å². The van der Waals surface area contributed by atoms with Crippen LogP contribution in [0.15, 0.2) is 55.0 Å². The van der Waals surface area contributed by atoms with Gasteiger partial charge in [-0.1, -0.05) is 23.7 Å². The summed E-state index contributed by atoms with van der Waals surface area (Å²) in [4.78, 5) is 31.1. The number of rotatable bonds is 9. The first-order valence-corrected chi connectivity index (χ1v) is 18.5. The lowest BCUT2D eigenvalue weighted by Gasteiger charge is -2.36. The summed E-state index contributed by atoms with van der Waals surface area (Å²) < 4.78 is 21.6. The molecule has 2 aromatic carbocycles. The molecule has 2 fully saturated rings. The largest absolute Gasteiger partial charge is 0.487 e. The zero-order valence-corrected chi connectivity index (χ0v) is 29.6. The van der Waals surface area contributed by atoms with Crippen molar-refractivity contribution in [3.05, 3.63) is 82.6 Å². The number of aryl methyl sites for hydroxylation is 2. The number of ether oxygens (including phenoxy) is 1. The van der Waals surface area contributed by atoms with Crippen LogP contribution in [0.5, 0.6) is 5.75 Å². The standard InChI is InChI=1S/C37H40ClFN8O2S/c1-44-13-15-45(16-14-44)21-33(48)46-11-9-24(10-12-46)19-47-20-29-31(43-47)7-6-28-34-36(40-23-41-37(34)50-35(28)29)42-27-5-8-32(30(38)18-27)49-22-25-3-2-4-26(39)17-25/h2-5,8,17-18,20,23-24H,6-7,9-16,19,21-22H2,1H3,(H,40,41,42). The van der Waals surface area contributed by atoms with Gasteiger partial charge < -0.3 is 19.9 Å². The van der Waals surface area contributed by atoms with Gasteiger partial charge in [-0.2, -0.15) is 5.10 Å². The summed E-state index contributed by atoms with van der Waals surface area (Å²) in [6, 6.07) is 11.8. The van der Waals surface area contributed by atoms with E-state index < -0.39 is 0 Å². The van der Waals surface area contributed by atoms with Gasteiger partial charge in [-0.3, -0.25) is 14.4 Å². The van der Waals surface area contributed by atoms with Crippen LogP contribution in [-0.4, -0.2) is 93.2 Å². The number of carbonyl (C=O) groups excluding carboxylic acids is 1. The maximum atomic E-state index is 13.6. The molecular weight excluding hydrogens is 675 g/mol. The summed E-state index contributed by atoms with van der Waals surface area (Å²) in [5.74, 6) is 1.72. The number of piperazine rings is 1. The molecule has 1 aliphatic carbocycles. The molecule has 5 aromatic rings. The number of nitrogens with one attached hydrogen (secondary N) is 1. The quantitative estimate of drug-likeness (QED) is 0.192. The third kappa shape index (κ3) is 7.07. The Morgan fingerprint density at radius 1 is 1.06 bits per heavy atom. The lowest BCUT2D eigenvalue weighted by Crippen LogP contribution is -2.50. The average molecular weight is 715 g/mol. The van der Waals surface area contributed by atoms with E-state index in [9.17, 15) is 9.18 Å². The molecule has 2 saturated heterocycles. The molecule has 1 amide bonds. The third-order valence-electron chi connectivity index (χ3n) is 10.1. The van der Waals surface area contributed by atoms with Crippen molar-refractivity contribution in [3.63, 3.8) is 0 Å². The monoisotopic (exact) mass is 714 g/mol. The topological polar surface area (TPSA) is 91.7 Å². The number of fused-ring (bicyclic) bond motifs is 5. The number of likely N-dealkylation sites (N-methyl/N-ethyl adjacent to an activating group) is 1. The summed E-state index contributed by atoms with van der Waals surface area (Å²) in [6.07, 6.45) is 7.53. The Kier molecular flexibility index (Phi) is 9.43. The first-order chi connectivity index (χ1) is 24.4. The summed E-state index contributed by atoms with van der Waals surface area (Å²) >= 11 is 8.28. The average Bonchev–Trinajstić information content (AvgIpc) is 3.71. The van der Waals surface area contributed by atoms with Gasteiger partial charge in [0.25, 0.3) is 0 Å². The van der Waals surface area contributed by atoms with Crippen molar-refractivity contribution < 1.29 is 13.9 Å². The lowest BCUT2D eigenvalue weighted by molar-refractivity contribution is -0.134. The number of likely N-dealkylation sites (tertiary alicyclic amines) is 1. The van der Waals surface area contributed by atoms with E-state index in [1.807, 2.05) is 24.3 Å². The van der Waals surface area contributed by atoms with Gasteiger partial charge >= 0.3 is 0 Å². The highest BCUT2D eigenvalue weighted by Crippen LogP contribution is 2.45. The second-order valence-electron chi connectivity index (χ2n) is 13.6. The fourth-order valence-electron chi connectivity index (χ4n) is 7.26. The molecule has 50 heavy (non-hydrogen) atoms. The predicted octanol–water partition coefficient (Wildman–Crippen LogP) is 6.25. The molecule has 0 radical (unpaired) electrons. The first kappa shape index (κ1) is 33.1. The highest BCUT2D eigenvalue weighted by molar-refractivity contribution is 7.22. The molecule has 1 N–H and O–H groups in total. The van der Waals surface area contributed by atoms with E-state index in [-0.39, 0.29) is 18.3 Å². The SMILES string of the molecule is CN1CCN(CC(=O)N2CCC(Cn3cc4c(n3)CCc3c-4sc4ncnc(Nc5ccc(OCc6cccc(F)c6)c(Cl)c5)c34)CC2)CC1. The zero-order valence-electron chi connectivity index (χ0n) is 28.1. The smallest absolute Gasteiger partial charge is 0.236 e. The molecule has 10 nitrogen and oxygen atoms in total. The van der Waals surface area contributed by atoms with Crippen LogP contribution in [0.1, 0.15) is 29.7 Å². The summed E-state index contributed by atoms with van der Waals surface area (Å²) in [7, 11) is 2.14. The fourth-order valence-corrected chi connectivity index (χ4v) is 8.72. The number of benzene rings is 2. The number of aromatic nitrogens is 4. The minimum atomic E-state index is -0.299. The molecule has 2 aliphatic heterocycles. The summed E-state index contributed by atoms with van der Waals surface area (Å²) in [5.41, 5.74) is 5.07. The van der Waals surface area contributed by atoms with E-state index in [0.717, 1.165) is 104 Å². The van der Waals surface area contributed by atoms with Crippen molar-refractivity contribution >= 4 is 50.6 Å². The molecule has 5 heterocycles. The Morgan fingerprint density at radius 3 is 2.70 bits per heavy atom. The van der Waals surface area contributed by atoms with Crippen LogP contribution in [0.2, 0.25) is 5.02 Å². The molecular formula is C37H40ClFN8O2S. The van der Waals surface area contributed by atoms with Gasteiger partial charge in [-0.05, 0) is 80.1 Å². The van der Waals surface area contributed by atoms with E-state index in [2.05, 4.69) is 47.9 Å². The fraction of sp³-hybridized carbons (Fsp3) is 0.405. The number of hydrogen-bond donors (Lipinski definition) is 1. The number of anilines is 2. The Morgan fingerprint density at radius 2 is 1.90 bits per heavy atom. The summed E-state index contributed by atoms with van der Waals surface area (Å²) in [5, 5.41) is 9.98. The number of hydrogen-bond acceptors (Lipinski definition) is 9. The van der Waals surface area contributed by atoms with Crippen molar-refractivity contribution in [2.45, 2.75) is 38.8 Å². The van der Waals surface area contributed by atoms with Crippen LogP contribution in [0, 0.1) is 11.7 Å². The first-order valence-electron chi connectivity index (χ1n) is 17.3. The summed E-state index contributed by atoms with van der Waals surface area (Å²) in [6.45, 7) is 7.25. The number of thiophene rings is 1. The molecule has 3 aromatic heterocycles. The number of piperidine rings is 1. The van der Waals surface area contributed by atoms with Gasteiger partial charge in [0.15, 0.2) is 0 Å². The number of carbonyl (C=O) groups is 1. The van der Waals surface area contributed by atoms with E-state index in [0.29, 0.717) is 23.2 Å². The van der Waals surface area contributed by atoms with Crippen LogP contribution < -0.4 is 10.1 Å². The van der Waals surface area contributed by atoms with Crippen molar-refractivity contribution in [2.24, 2.45) is 5.92 Å². The van der Waals surface area contributed by atoms with Crippen molar-refractivity contribution in [2.75, 3.05) is 58.2 Å². The van der Waals surface area contributed by atoms with E-state index in [1.165, 1.54) is 28.1 Å². The molecule has 0 atom stereocenters. The number of nitrogens with zero attached hydrogens (tertiary/aromatic N) is 7. The van der Waals surface area contributed by atoms with E-state index in [4.69, 9.17) is 21.4 Å². The maximum Gasteiger partial charge on any atom is 0.236 e. The molecule has 0 saturated carbocycles. The Balaban J connectivity index is 0.921. The Hall–Kier alpha value is -4.10. The van der Waals surface area contributed by atoms with Gasteiger partial charge in [0.05, 0.1) is 22.6 Å². The van der Waals surface area contributed by atoms with Crippen LogP contribution in [0.3, 0.4) is 0 Å². The van der Waals surface area contributed by atoms with E-state index >= 15 is 0 Å². The van der Waals surface area contributed by atoms with Gasteiger partial charge in [0, 0.05) is 68.1 Å². The third-order valence-corrected chi connectivity index (χ3v) is 11.6. The molecule has 0 unspecified atom stereocenters. The van der Waals surface area contributed by atoms with Crippen molar-refractivity contribution in [1.82, 2.24) is 34.4 Å². The molecule has 260 valence electrons. The molecule has 13 heteroatoms. The lowest BCUT2D eigenvalue weighted by atomic mass is 9.95. The maximum absolute atomic E-state index is 13.6. The zero-order chi connectivity index (χ0) is 34.2. The van der Waals surface area contributed by atoms with Crippen LogP contribution >= 0.6 is 22.9 Å². The Bertz CT molecular complexity index is 2020. The van der Waals surface area contributed by atoms with Gasteiger partial charge in [0.1, 0.15) is 35.1 Å². The predicted molar refractivity (Wildman–Crippen MR) is 195 cm³/mol. The molecule has 3 aliphatic rings. The highest BCUT2D eigenvalue weighted by atomic mass is 35.5. The van der Waals surface area contributed by atoms with Crippen LogP contribution in [0.4, 0.5) is 15.9 Å².